The van der Waals surface area contributed by atoms with Gasteiger partial charge in [-0.15, -0.1) is 0 Å². The number of alkyl halides is 2. The minimum absolute atomic E-state index is 0.0941. The van der Waals surface area contributed by atoms with Gasteiger partial charge in [-0.05, 0) is 36.4 Å². The van der Waals surface area contributed by atoms with Crippen molar-refractivity contribution in [2.75, 3.05) is 26.2 Å². The number of piperazine rings is 1. The molecule has 2 aromatic rings. The minimum atomic E-state index is -3.71. The Labute approximate surface area is 166 Å². The minimum Gasteiger partial charge on any atom is -0.435 e. The number of amides is 1. The molecule has 1 amide bonds. The highest BCUT2D eigenvalue weighted by Gasteiger charge is 2.30. The van der Waals surface area contributed by atoms with Gasteiger partial charge in [0, 0.05) is 36.8 Å². The number of carbonyl (C=O) groups excluding carboxylic acids is 1. The van der Waals surface area contributed by atoms with E-state index in [9.17, 15) is 22.0 Å². The molecule has 28 heavy (non-hydrogen) atoms. The molecular weight excluding hydrogens is 414 g/mol. The molecule has 1 aliphatic heterocycles. The highest BCUT2D eigenvalue weighted by atomic mass is 35.5. The number of nitrogens with zero attached hydrogens (tertiary/aromatic N) is 2. The summed E-state index contributed by atoms with van der Waals surface area (Å²) in [6.45, 7) is -2.38. The monoisotopic (exact) mass is 430 g/mol. The zero-order chi connectivity index (χ0) is 20.3. The zero-order valence-corrected chi connectivity index (χ0v) is 16.2. The largest absolute Gasteiger partial charge is 0.435 e. The maximum atomic E-state index is 12.7. The smallest absolute Gasteiger partial charge is 0.387 e. The van der Waals surface area contributed by atoms with Gasteiger partial charge < -0.3 is 9.64 Å². The standard InChI is InChI=1S/C18H17ClF2N2O4S/c19-14-4-2-6-16(12-14)28(25,26)23-9-7-22(8-10-23)17(24)13-3-1-5-15(11-13)27-18(20)21/h1-6,11-12,18H,7-10H2. The van der Waals surface area contributed by atoms with Crippen molar-refractivity contribution in [3.05, 3.63) is 59.1 Å². The number of sulfonamides is 1. The summed E-state index contributed by atoms with van der Waals surface area (Å²) in [5.41, 5.74) is 0.198. The van der Waals surface area contributed by atoms with Crippen LogP contribution in [-0.2, 0) is 10.0 Å². The summed E-state index contributed by atoms with van der Waals surface area (Å²) in [6.07, 6.45) is 0. The van der Waals surface area contributed by atoms with E-state index in [0.717, 1.165) is 0 Å². The van der Waals surface area contributed by atoms with Crippen LogP contribution in [0, 0.1) is 0 Å². The van der Waals surface area contributed by atoms with E-state index < -0.39 is 16.6 Å². The molecule has 0 bridgehead atoms. The highest BCUT2D eigenvalue weighted by molar-refractivity contribution is 7.89. The van der Waals surface area contributed by atoms with E-state index in [-0.39, 0.29) is 48.3 Å². The molecule has 0 unspecified atom stereocenters. The number of hydrogen-bond acceptors (Lipinski definition) is 4. The number of halogens is 3. The second-order valence-corrected chi connectivity index (χ2v) is 8.43. The molecule has 3 rings (SSSR count). The van der Waals surface area contributed by atoms with E-state index in [2.05, 4.69) is 4.74 Å². The van der Waals surface area contributed by atoms with Gasteiger partial charge in [-0.1, -0.05) is 23.7 Å². The molecule has 0 N–H and O–H groups in total. The summed E-state index contributed by atoms with van der Waals surface area (Å²) in [5, 5.41) is 0.320. The summed E-state index contributed by atoms with van der Waals surface area (Å²) in [7, 11) is -3.71. The van der Waals surface area contributed by atoms with Crippen LogP contribution >= 0.6 is 11.6 Å². The molecule has 2 aromatic carbocycles. The van der Waals surface area contributed by atoms with E-state index in [1.54, 1.807) is 12.1 Å². The van der Waals surface area contributed by atoms with Crippen LogP contribution in [0.4, 0.5) is 8.78 Å². The zero-order valence-electron chi connectivity index (χ0n) is 14.6. The summed E-state index contributed by atoms with van der Waals surface area (Å²) < 4.78 is 55.7. The maximum Gasteiger partial charge on any atom is 0.387 e. The quantitative estimate of drug-likeness (QED) is 0.731. The van der Waals surface area contributed by atoms with Gasteiger partial charge in [0.2, 0.25) is 10.0 Å². The predicted molar refractivity (Wildman–Crippen MR) is 99.2 cm³/mol. The maximum absolute atomic E-state index is 12.7. The number of carbonyl (C=O) groups is 1. The Balaban J connectivity index is 1.67. The summed E-state index contributed by atoms with van der Waals surface area (Å²) in [6, 6.07) is 11.5. The Morgan fingerprint density at radius 2 is 1.71 bits per heavy atom. The highest BCUT2D eigenvalue weighted by Crippen LogP contribution is 2.22. The Kier molecular flexibility index (Phi) is 6.17. The Morgan fingerprint density at radius 1 is 1.04 bits per heavy atom. The Morgan fingerprint density at radius 3 is 2.36 bits per heavy atom. The summed E-state index contributed by atoms with van der Waals surface area (Å²) in [4.78, 5) is 14.2. The van der Waals surface area contributed by atoms with Gasteiger partial charge in [-0.3, -0.25) is 4.79 Å². The van der Waals surface area contributed by atoms with Crippen LogP contribution in [0.5, 0.6) is 5.75 Å². The van der Waals surface area contributed by atoms with E-state index in [1.807, 2.05) is 0 Å². The van der Waals surface area contributed by atoms with Crippen molar-refractivity contribution in [1.29, 1.82) is 0 Å². The molecule has 1 fully saturated rings. The molecule has 1 heterocycles. The lowest BCUT2D eigenvalue weighted by Gasteiger charge is -2.34. The summed E-state index contributed by atoms with van der Waals surface area (Å²) in [5.74, 6) is -0.484. The lowest BCUT2D eigenvalue weighted by atomic mass is 10.1. The van der Waals surface area contributed by atoms with Gasteiger partial charge in [0.15, 0.2) is 0 Å². The van der Waals surface area contributed by atoms with Crippen LogP contribution in [0.25, 0.3) is 0 Å². The normalized spacial score (nSPS) is 15.6. The SMILES string of the molecule is O=C(c1cccc(OC(F)F)c1)N1CCN(S(=O)(=O)c2cccc(Cl)c2)CC1. The molecule has 150 valence electrons. The molecule has 1 saturated heterocycles. The molecule has 0 aliphatic carbocycles. The first-order chi connectivity index (χ1) is 13.3. The topological polar surface area (TPSA) is 66.9 Å². The van der Waals surface area contributed by atoms with Crippen molar-refractivity contribution in [2.45, 2.75) is 11.5 Å². The molecule has 1 aliphatic rings. The second-order valence-electron chi connectivity index (χ2n) is 6.06. The third kappa shape index (κ3) is 4.60. The number of benzene rings is 2. The van der Waals surface area contributed by atoms with E-state index in [4.69, 9.17) is 11.6 Å². The molecule has 10 heteroatoms. The molecule has 0 spiro atoms. The van der Waals surface area contributed by atoms with Crippen LogP contribution < -0.4 is 4.74 Å². The number of hydrogen-bond donors (Lipinski definition) is 0. The number of rotatable bonds is 5. The molecule has 0 atom stereocenters. The second kappa shape index (κ2) is 8.42. The third-order valence-corrected chi connectivity index (χ3v) is 6.40. The van der Waals surface area contributed by atoms with Gasteiger partial charge in [0.25, 0.3) is 5.91 Å². The first-order valence-corrected chi connectivity index (χ1v) is 10.2. The van der Waals surface area contributed by atoms with E-state index >= 15 is 0 Å². The van der Waals surface area contributed by atoms with E-state index in [1.165, 1.54) is 45.6 Å². The first kappa shape index (κ1) is 20.5. The number of ether oxygens (including phenoxy) is 1. The third-order valence-electron chi connectivity index (χ3n) is 4.27. The molecular formula is C18H17ClF2N2O4S. The van der Waals surface area contributed by atoms with Gasteiger partial charge in [-0.25, -0.2) is 8.42 Å². The van der Waals surface area contributed by atoms with Gasteiger partial charge in [0.1, 0.15) is 5.75 Å². The fourth-order valence-corrected chi connectivity index (χ4v) is 4.62. The molecule has 0 saturated carbocycles. The van der Waals surface area contributed by atoms with Gasteiger partial charge >= 0.3 is 6.61 Å². The van der Waals surface area contributed by atoms with Gasteiger partial charge in [-0.2, -0.15) is 13.1 Å². The van der Waals surface area contributed by atoms with Crippen LogP contribution in [0.3, 0.4) is 0 Å². The van der Waals surface area contributed by atoms with Crippen molar-refractivity contribution >= 4 is 27.5 Å². The lowest BCUT2D eigenvalue weighted by molar-refractivity contribution is -0.0499. The Bertz CT molecular complexity index is 964. The van der Waals surface area contributed by atoms with Crippen LogP contribution in [0.15, 0.2) is 53.4 Å². The van der Waals surface area contributed by atoms with Crippen molar-refractivity contribution < 1.29 is 26.7 Å². The van der Waals surface area contributed by atoms with E-state index in [0.29, 0.717) is 5.02 Å². The van der Waals surface area contributed by atoms with Gasteiger partial charge in [0.05, 0.1) is 4.90 Å². The first-order valence-electron chi connectivity index (χ1n) is 8.37. The Hall–Kier alpha value is -2.23. The van der Waals surface area contributed by atoms with Crippen LogP contribution in [0.2, 0.25) is 5.02 Å². The van der Waals surface area contributed by atoms with Crippen molar-refractivity contribution in [1.82, 2.24) is 9.21 Å². The molecule has 0 radical (unpaired) electrons. The summed E-state index contributed by atoms with van der Waals surface area (Å²) >= 11 is 5.87. The van der Waals surface area contributed by atoms with Crippen LogP contribution in [-0.4, -0.2) is 56.3 Å². The van der Waals surface area contributed by atoms with Crippen molar-refractivity contribution in [2.24, 2.45) is 0 Å². The average molecular weight is 431 g/mol. The van der Waals surface area contributed by atoms with Crippen molar-refractivity contribution in [3.63, 3.8) is 0 Å². The molecule has 6 nitrogen and oxygen atoms in total. The molecule has 0 aromatic heterocycles. The van der Waals surface area contributed by atoms with Crippen molar-refractivity contribution in [3.8, 4) is 5.75 Å². The average Bonchev–Trinajstić information content (AvgIpc) is 2.67. The predicted octanol–water partition coefficient (Wildman–Crippen LogP) is 3.09. The lowest BCUT2D eigenvalue weighted by Crippen LogP contribution is -2.50. The van der Waals surface area contributed by atoms with Crippen LogP contribution in [0.1, 0.15) is 10.4 Å². The fourth-order valence-electron chi connectivity index (χ4n) is 2.90. The fraction of sp³-hybridized carbons (Fsp3) is 0.278.